The molecule has 0 radical (unpaired) electrons. The van der Waals surface area contributed by atoms with Gasteiger partial charge in [-0.3, -0.25) is 0 Å². The molecular weight excluding hydrogens is 557 g/mol. The molecular formula is C40H24N2OS. The van der Waals surface area contributed by atoms with Gasteiger partial charge in [0.15, 0.2) is 11.4 Å². The van der Waals surface area contributed by atoms with Gasteiger partial charge in [0.1, 0.15) is 16.8 Å². The SMILES string of the molecule is c1ccc(-c2cc(-c3ccccc3)c3oc4c(-c5cccc6c5sc5ccccc56)nc(-c5ccccc5)nc4c3c2)cc1. The van der Waals surface area contributed by atoms with Gasteiger partial charge in [-0.05, 0) is 34.9 Å². The Morgan fingerprint density at radius 3 is 1.89 bits per heavy atom. The van der Waals surface area contributed by atoms with Gasteiger partial charge in [-0.2, -0.15) is 0 Å². The summed E-state index contributed by atoms with van der Waals surface area (Å²) in [5.74, 6) is 0.681. The van der Waals surface area contributed by atoms with Crippen LogP contribution in [0.15, 0.2) is 150 Å². The number of hydrogen-bond acceptors (Lipinski definition) is 4. The van der Waals surface area contributed by atoms with Crippen molar-refractivity contribution in [2.75, 3.05) is 0 Å². The third kappa shape index (κ3) is 3.96. The van der Waals surface area contributed by atoms with Crippen LogP contribution in [-0.2, 0) is 0 Å². The molecule has 9 rings (SSSR count). The summed E-state index contributed by atoms with van der Waals surface area (Å²) >= 11 is 1.80. The second-order valence-electron chi connectivity index (χ2n) is 11.0. The fourth-order valence-electron chi connectivity index (χ4n) is 6.21. The lowest BCUT2D eigenvalue weighted by Gasteiger charge is -2.08. The predicted octanol–water partition coefficient (Wildman–Crippen LogP) is 11.4. The van der Waals surface area contributed by atoms with Gasteiger partial charge in [-0.15, -0.1) is 11.3 Å². The Bertz CT molecular complexity index is 2480. The highest BCUT2D eigenvalue weighted by Gasteiger charge is 2.23. The number of hydrogen-bond donors (Lipinski definition) is 0. The third-order valence-corrected chi connectivity index (χ3v) is 9.52. The number of nitrogens with zero attached hydrogens (tertiary/aromatic N) is 2. The minimum atomic E-state index is 0.681. The second kappa shape index (κ2) is 10.0. The average molecular weight is 581 g/mol. The molecule has 6 aromatic carbocycles. The molecule has 4 heteroatoms. The first-order valence-electron chi connectivity index (χ1n) is 14.7. The van der Waals surface area contributed by atoms with Crippen LogP contribution in [0.2, 0.25) is 0 Å². The standard InChI is InChI=1S/C40H24N2OS/c1-4-13-25(14-5-1)28-23-32(26-15-6-2-7-16-26)37-33(24-28)36-38(43-37)35(41-40(42-36)27-17-8-3-9-18-27)31-21-12-20-30-29-19-10-11-22-34(29)44-39(30)31/h1-24H. The third-order valence-electron chi connectivity index (χ3n) is 8.30. The topological polar surface area (TPSA) is 38.9 Å². The van der Waals surface area contributed by atoms with E-state index in [9.17, 15) is 0 Å². The molecule has 0 unspecified atom stereocenters. The molecule has 3 heterocycles. The molecule has 3 nitrogen and oxygen atoms in total. The highest BCUT2D eigenvalue weighted by Crippen LogP contribution is 2.45. The van der Waals surface area contributed by atoms with Gasteiger partial charge in [-0.1, -0.05) is 127 Å². The molecule has 9 aromatic rings. The zero-order valence-corrected chi connectivity index (χ0v) is 24.4. The molecule has 0 amide bonds. The number of fused-ring (bicyclic) bond motifs is 6. The quantitative estimate of drug-likeness (QED) is 0.208. The predicted molar refractivity (Wildman–Crippen MR) is 184 cm³/mol. The molecule has 206 valence electrons. The van der Waals surface area contributed by atoms with E-state index in [4.69, 9.17) is 14.4 Å². The highest BCUT2D eigenvalue weighted by molar-refractivity contribution is 7.26. The van der Waals surface area contributed by atoms with E-state index in [1.54, 1.807) is 11.3 Å². The lowest BCUT2D eigenvalue weighted by Crippen LogP contribution is -1.94. The van der Waals surface area contributed by atoms with Crippen molar-refractivity contribution in [3.05, 3.63) is 146 Å². The number of thiophene rings is 1. The minimum Gasteiger partial charge on any atom is -0.451 e. The van der Waals surface area contributed by atoms with Crippen LogP contribution in [-0.4, -0.2) is 9.97 Å². The van der Waals surface area contributed by atoms with Crippen LogP contribution in [0.4, 0.5) is 0 Å². The minimum absolute atomic E-state index is 0.681. The Morgan fingerprint density at radius 1 is 0.455 bits per heavy atom. The van der Waals surface area contributed by atoms with E-state index < -0.39 is 0 Å². The van der Waals surface area contributed by atoms with E-state index in [-0.39, 0.29) is 0 Å². The monoisotopic (exact) mass is 580 g/mol. The van der Waals surface area contributed by atoms with E-state index in [0.717, 1.165) is 55.6 Å². The largest absolute Gasteiger partial charge is 0.451 e. The number of benzene rings is 6. The maximum atomic E-state index is 6.91. The molecule has 0 bridgehead atoms. The van der Waals surface area contributed by atoms with Gasteiger partial charge in [0, 0.05) is 42.2 Å². The first kappa shape index (κ1) is 25.0. The van der Waals surface area contributed by atoms with Gasteiger partial charge < -0.3 is 4.42 Å². The van der Waals surface area contributed by atoms with Crippen molar-refractivity contribution in [3.8, 4) is 44.9 Å². The van der Waals surface area contributed by atoms with Gasteiger partial charge in [0.05, 0.1) is 0 Å². The summed E-state index contributed by atoms with van der Waals surface area (Å²) in [4.78, 5) is 10.5. The Morgan fingerprint density at radius 2 is 1.11 bits per heavy atom. The van der Waals surface area contributed by atoms with Crippen molar-refractivity contribution in [2.24, 2.45) is 0 Å². The van der Waals surface area contributed by atoms with Gasteiger partial charge in [-0.25, -0.2) is 9.97 Å². The van der Waals surface area contributed by atoms with Crippen LogP contribution in [0.25, 0.3) is 87.1 Å². The van der Waals surface area contributed by atoms with Crippen molar-refractivity contribution in [1.29, 1.82) is 0 Å². The molecule has 0 N–H and O–H groups in total. The second-order valence-corrected chi connectivity index (χ2v) is 12.0. The van der Waals surface area contributed by atoms with E-state index in [1.165, 1.54) is 20.2 Å². The highest BCUT2D eigenvalue weighted by atomic mass is 32.1. The molecule has 0 aliphatic rings. The number of furan rings is 1. The molecule has 0 saturated heterocycles. The van der Waals surface area contributed by atoms with E-state index in [1.807, 2.05) is 30.3 Å². The van der Waals surface area contributed by atoms with Crippen molar-refractivity contribution in [1.82, 2.24) is 9.97 Å². The molecule has 0 spiro atoms. The average Bonchev–Trinajstić information content (AvgIpc) is 3.67. The van der Waals surface area contributed by atoms with Gasteiger partial charge in [0.25, 0.3) is 0 Å². The van der Waals surface area contributed by atoms with Gasteiger partial charge >= 0.3 is 0 Å². The Hall–Kier alpha value is -5.58. The van der Waals surface area contributed by atoms with Crippen LogP contribution in [0, 0.1) is 0 Å². The number of rotatable bonds is 4. The van der Waals surface area contributed by atoms with Crippen LogP contribution in [0.3, 0.4) is 0 Å². The summed E-state index contributed by atoms with van der Waals surface area (Å²) < 4.78 is 9.36. The molecule has 44 heavy (non-hydrogen) atoms. The maximum Gasteiger partial charge on any atom is 0.180 e. The van der Waals surface area contributed by atoms with Crippen molar-refractivity contribution >= 4 is 53.6 Å². The molecule has 3 aromatic heterocycles. The maximum absolute atomic E-state index is 6.91. The summed E-state index contributed by atoms with van der Waals surface area (Å²) in [5.41, 5.74) is 9.56. The van der Waals surface area contributed by atoms with Crippen molar-refractivity contribution in [3.63, 3.8) is 0 Å². The Balaban J connectivity index is 1.42. The van der Waals surface area contributed by atoms with E-state index in [2.05, 4.69) is 115 Å². The van der Waals surface area contributed by atoms with Crippen LogP contribution < -0.4 is 0 Å². The smallest absolute Gasteiger partial charge is 0.180 e. The first-order valence-corrected chi connectivity index (χ1v) is 15.5. The Kier molecular flexibility index (Phi) is 5.68. The first-order chi connectivity index (χ1) is 21.8. The lowest BCUT2D eigenvalue weighted by atomic mass is 9.96. The van der Waals surface area contributed by atoms with E-state index in [0.29, 0.717) is 11.4 Å². The normalized spacial score (nSPS) is 11.6. The van der Waals surface area contributed by atoms with Gasteiger partial charge in [0.2, 0.25) is 0 Å². The van der Waals surface area contributed by atoms with Crippen molar-refractivity contribution < 1.29 is 4.42 Å². The fourth-order valence-corrected chi connectivity index (χ4v) is 7.43. The molecule has 0 fully saturated rings. The molecule has 0 atom stereocenters. The van der Waals surface area contributed by atoms with Crippen LogP contribution in [0.5, 0.6) is 0 Å². The van der Waals surface area contributed by atoms with Crippen LogP contribution >= 0.6 is 11.3 Å². The van der Waals surface area contributed by atoms with Crippen LogP contribution in [0.1, 0.15) is 0 Å². The van der Waals surface area contributed by atoms with E-state index >= 15 is 0 Å². The fraction of sp³-hybridized carbons (Fsp3) is 0. The molecule has 0 aliphatic heterocycles. The summed E-state index contributed by atoms with van der Waals surface area (Å²) in [5, 5.41) is 3.46. The summed E-state index contributed by atoms with van der Waals surface area (Å²) in [6, 6.07) is 50.7. The Labute approximate surface area is 257 Å². The lowest BCUT2D eigenvalue weighted by molar-refractivity contribution is 0.668. The zero-order chi connectivity index (χ0) is 29.0. The summed E-state index contributed by atoms with van der Waals surface area (Å²) in [7, 11) is 0. The van der Waals surface area contributed by atoms with Crippen molar-refractivity contribution in [2.45, 2.75) is 0 Å². The molecule has 0 aliphatic carbocycles. The number of aromatic nitrogens is 2. The summed E-state index contributed by atoms with van der Waals surface area (Å²) in [6.07, 6.45) is 0. The summed E-state index contributed by atoms with van der Waals surface area (Å²) in [6.45, 7) is 0. The zero-order valence-electron chi connectivity index (χ0n) is 23.6. The molecule has 0 saturated carbocycles.